The predicted molar refractivity (Wildman–Crippen MR) is 80.5 cm³/mol. The Labute approximate surface area is 117 Å². The van der Waals surface area contributed by atoms with E-state index in [1.807, 2.05) is 13.0 Å². The van der Waals surface area contributed by atoms with Gasteiger partial charge in [-0.3, -0.25) is 0 Å². The monoisotopic (exact) mass is 261 g/mol. The number of ether oxygens (including phenoxy) is 1. The Balaban J connectivity index is 2.17. The molecule has 0 radical (unpaired) electrons. The van der Waals surface area contributed by atoms with Gasteiger partial charge in [0.1, 0.15) is 5.75 Å². The van der Waals surface area contributed by atoms with Gasteiger partial charge in [0.05, 0.1) is 6.61 Å². The van der Waals surface area contributed by atoms with Gasteiger partial charge in [-0.05, 0) is 49.8 Å². The summed E-state index contributed by atoms with van der Waals surface area (Å²) in [6, 6.07) is 8.42. The first kappa shape index (κ1) is 14.4. The van der Waals surface area contributed by atoms with Gasteiger partial charge < -0.3 is 10.5 Å². The van der Waals surface area contributed by atoms with Crippen LogP contribution in [0.2, 0.25) is 0 Å². The summed E-state index contributed by atoms with van der Waals surface area (Å²) in [4.78, 5) is 0. The van der Waals surface area contributed by atoms with E-state index in [1.165, 1.54) is 31.2 Å². The molecule has 1 saturated carbocycles. The van der Waals surface area contributed by atoms with Crippen LogP contribution in [0.3, 0.4) is 0 Å². The Morgan fingerprint density at radius 2 is 1.89 bits per heavy atom. The molecular weight excluding hydrogens is 234 g/mol. The Bertz CT molecular complexity index is 383. The molecule has 106 valence electrons. The molecule has 1 atom stereocenters. The van der Waals surface area contributed by atoms with Gasteiger partial charge in [-0.2, -0.15) is 0 Å². The van der Waals surface area contributed by atoms with Crippen molar-refractivity contribution in [1.82, 2.24) is 0 Å². The van der Waals surface area contributed by atoms with Crippen LogP contribution in [0, 0.1) is 11.8 Å². The molecule has 0 aliphatic heterocycles. The number of rotatable bonds is 5. The SMILES string of the molecule is CCOc1ccccc1C(CN)C1CCC(C)CC1. The third kappa shape index (κ3) is 3.50. The molecule has 0 heterocycles. The minimum absolute atomic E-state index is 0.454. The number of para-hydroxylation sites is 1. The molecule has 1 unspecified atom stereocenters. The number of hydrogen-bond donors (Lipinski definition) is 1. The summed E-state index contributed by atoms with van der Waals surface area (Å²) in [7, 11) is 0. The Hall–Kier alpha value is -1.02. The smallest absolute Gasteiger partial charge is 0.122 e. The van der Waals surface area contributed by atoms with Crippen LogP contribution >= 0.6 is 0 Å². The van der Waals surface area contributed by atoms with Crippen LogP contribution in [0.1, 0.15) is 51.0 Å². The van der Waals surface area contributed by atoms with Crippen LogP contribution in [0.5, 0.6) is 5.75 Å². The van der Waals surface area contributed by atoms with E-state index in [1.54, 1.807) is 0 Å². The first-order valence-electron chi connectivity index (χ1n) is 7.68. The fourth-order valence-electron chi connectivity index (χ4n) is 3.34. The van der Waals surface area contributed by atoms with Crippen LogP contribution in [0.4, 0.5) is 0 Å². The molecule has 1 aromatic rings. The second-order valence-corrected chi connectivity index (χ2v) is 5.83. The van der Waals surface area contributed by atoms with Gasteiger partial charge in [-0.25, -0.2) is 0 Å². The van der Waals surface area contributed by atoms with E-state index in [0.717, 1.165) is 30.7 Å². The van der Waals surface area contributed by atoms with E-state index >= 15 is 0 Å². The second-order valence-electron chi connectivity index (χ2n) is 5.83. The predicted octanol–water partition coefficient (Wildman–Crippen LogP) is 3.95. The van der Waals surface area contributed by atoms with Gasteiger partial charge in [-0.1, -0.05) is 38.0 Å². The first-order chi connectivity index (χ1) is 9.26. The van der Waals surface area contributed by atoms with Crippen LogP contribution in [0.25, 0.3) is 0 Å². The zero-order chi connectivity index (χ0) is 13.7. The van der Waals surface area contributed by atoms with Crippen LogP contribution in [-0.2, 0) is 0 Å². The van der Waals surface area contributed by atoms with Crippen LogP contribution in [-0.4, -0.2) is 13.2 Å². The molecule has 1 fully saturated rings. The van der Waals surface area contributed by atoms with Crippen molar-refractivity contribution in [2.75, 3.05) is 13.2 Å². The fraction of sp³-hybridized carbons (Fsp3) is 0.647. The van der Waals surface area contributed by atoms with E-state index in [0.29, 0.717) is 5.92 Å². The van der Waals surface area contributed by atoms with E-state index < -0.39 is 0 Å². The molecule has 2 heteroatoms. The summed E-state index contributed by atoms with van der Waals surface area (Å²) in [5.41, 5.74) is 7.39. The third-order valence-corrected chi connectivity index (χ3v) is 4.50. The minimum Gasteiger partial charge on any atom is -0.494 e. The van der Waals surface area contributed by atoms with Crippen molar-refractivity contribution in [2.24, 2.45) is 17.6 Å². The quantitative estimate of drug-likeness (QED) is 0.871. The van der Waals surface area contributed by atoms with E-state index in [2.05, 4.69) is 25.1 Å². The van der Waals surface area contributed by atoms with Gasteiger partial charge in [0, 0.05) is 5.92 Å². The lowest BCUT2D eigenvalue weighted by Crippen LogP contribution is -2.25. The van der Waals surface area contributed by atoms with Crippen molar-refractivity contribution in [2.45, 2.75) is 45.4 Å². The maximum atomic E-state index is 6.08. The van der Waals surface area contributed by atoms with Crippen molar-refractivity contribution >= 4 is 0 Å². The van der Waals surface area contributed by atoms with Crippen molar-refractivity contribution < 1.29 is 4.74 Å². The molecule has 2 nitrogen and oxygen atoms in total. The zero-order valence-electron chi connectivity index (χ0n) is 12.3. The minimum atomic E-state index is 0.454. The van der Waals surface area contributed by atoms with Crippen LogP contribution < -0.4 is 10.5 Å². The van der Waals surface area contributed by atoms with Crippen molar-refractivity contribution in [1.29, 1.82) is 0 Å². The molecule has 1 aliphatic rings. The zero-order valence-corrected chi connectivity index (χ0v) is 12.3. The number of benzene rings is 1. The highest BCUT2D eigenvalue weighted by atomic mass is 16.5. The highest BCUT2D eigenvalue weighted by Crippen LogP contribution is 2.40. The van der Waals surface area contributed by atoms with E-state index in [9.17, 15) is 0 Å². The number of hydrogen-bond acceptors (Lipinski definition) is 2. The lowest BCUT2D eigenvalue weighted by molar-refractivity contribution is 0.250. The topological polar surface area (TPSA) is 35.2 Å². The Morgan fingerprint density at radius 3 is 2.53 bits per heavy atom. The standard InChI is InChI=1S/C17H27NO/c1-3-19-17-7-5-4-6-15(17)16(12-18)14-10-8-13(2)9-11-14/h4-7,13-14,16H,3,8-12,18H2,1-2H3. The maximum absolute atomic E-state index is 6.08. The largest absolute Gasteiger partial charge is 0.494 e. The second kappa shape index (κ2) is 6.95. The lowest BCUT2D eigenvalue weighted by atomic mass is 9.74. The molecule has 1 aromatic carbocycles. The summed E-state index contributed by atoms with van der Waals surface area (Å²) >= 11 is 0. The van der Waals surface area contributed by atoms with Crippen molar-refractivity contribution in [3.63, 3.8) is 0 Å². The molecule has 0 saturated heterocycles. The van der Waals surface area contributed by atoms with Crippen LogP contribution in [0.15, 0.2) is 24.3 Å². The number of nitrogens with two attached hydrogens (primary N) is 1. The Kier molecular flexibility index (Phi) is 5.26. The molecule has 2 N–H and O–H groups in total. The summed E-state index contributed by atoms with van der Waals surface area (Å²) in [6.45, 7) is 5.84. The summed E-state index contributed by atoms with van der Waals surface area (Å²) in [5, 5.41) is 0. The van der Waals surface area contributed by atoms with Gasteiger partial charge in [0.25, 0.3) is 0 Å². The average Bonchev–Trinajstić information content (AvgIpc) is 2.44. The molecule has 0 aromatic heterocycles. The summed E-state index contributed by atoms with van der Waals surface area (Å²) < 4.78 is 5.78. The molecule has 19 heavy (non-hydrogen) atoms. The molecule has 2 rings (SSSR count). The molecule has 0 amide bonds. The van der Waals surface area contributed by atoms with Gasteiger partial charge in [-0.15, -0.1) is 0 Å². The lowest BCUT2D eigenvalue weighted by Gasteiger charge is -2.33. The van der Waals surface area contributed by atoms with E-state index in [-0.39, 0.29) is 0 Å². The summed E-state index contributed by atoms with van der Waals surface area (Å²) in [6.07, 6.45) is 5.31. The molecule has 1 aliphatic carbocycles. The molecule has 0 spiro atoms. The maximum Gasteiger partial charge on any atom is 0.122 e. The first-order valence-corrected chi connectivity index (χ1v) is 7.68. The third-order valence-electron chi connectivity index (χ3n) is 4.50. The average molecular weight is 261 g/mol. The normalized spacial score (nSPS) is 25.0. The van der Waals surface area contributed by atoms with Crippen molar-refractivity contribution in [3.05, 3.63) is 29.8 Å². The Morgan fingerprint density at radius 1 is 1.21 bits per heavy atom. The highest BCUT2D eigenvalue weighted by molar-refractivity contribution is 5.37. The van der Waals surface area contributed by atoms with Gasteiger partial charge in [0.2, 0.25) is 0 Å². The van der Waals surface area contributed by atoms with E-state index in [4.69, 9.17) is 10.5 Å². The highest BCUT2D eigenvalue weighted by Gasteiger charge is 2.28. The molecular formula is C17H27NO. The summed E-state index contributed by atoms with van der Waals surface area (Å²) in [5.74, 6) is 3.09. The van der Waals surface area contributed by atoms with Gasteiger partial charge in [0.15, 0.2) is 0 Å². The van der Waals surface area contributed by atoms with Gasteiger partial charge >= 0.3 is 0 Å². The molecule has 0 bridgehead atoms. The fourth-order valence-corrected chi connectivity index (χ4v) is 3.34. The van der Waals surface area contributed by atoms with Crippen molar-refractivity contribution in [3.8, 4) is 5.75 Å².